The van der Waals surface area contributed by atoms with Gasteiger partial charge in [0, 0.05) is 5.69 Å². The van der Waals surface area contributed by atoms with Crippen LogP contribution in [0.4, 0.5) is 18.9 Å². The van der Waals surface area contributed by atoms with Crippen LogP contribution in [0.1, 0.15) is 25.3 Å². The van der Waals surface area contributed by atoms with Crippen LogP contribution < -0.4 is 11.1 Å². The average Bonchev–Trinajstić information content (AvgIpc) is 2.30. The number of nitrogens with two attached hydrogens (primary N) is 1. The molecule has 0 aliphatic rings. The third-order valence-corrected chi connectivity index (χ3v) is 2.81. The second kappa shape index (κ2) is 7.71. The van der Waals surface area contributed by atoms with Crippen LogP contribution in [0.25, 0.3) is 0 Å². The summed E-state index contributed by atoms with van der Waals surface area (Å²) in [4.78, 5) is 11.6. The van der Waals surface area contributed by atoms with E-state index in [1.165, 1.54) is 6.07 Å². The van der Waals surface area contributed by atoms with Crippen LogP contribution >= 0.6 is 24.0 Å². The maximum absolute atomic E-state index is 12.6. The Bertz CT molecular complexity index is 467. The van der Waals surface area contributed by atoms with E-state index >= 15 is 0 Å². The number of hydrogen-bond acceptors (Lipinski definition) is 2. The molecule has 3 nitrogen and oxygen atoms in total. The number of benzene rings is 1. The SMILES string of the molecule is CCCC(N)C(=O)Nc1ccc(Cl)c(C(F)(F)F)c1.Cl. The van der Waals surface area contributed by atoms with Crippen molar-refractivity contribution in [2.24, 2.45) is 5.73 Å². The van der Waals surface area contributed by atoms with Crippen molar-refractivity contribution in [1.82, 2.24) is 0 Å². The van der Waals surface area contributed by atoms with Gasteiger partial charge in [-0.3, -0.25) is 4.79 Å². The Hall–Kier alpha value is -0.980. The van der Waals surface area contributed by atoms with E-state index < -0.39 is 28.7 Å². The lowest BCUT2D eigenvalue weighted by atomic mass is 10.1. The van der Waals surface area contributed by atoms with Gasteiger partial charge < -0.3 is 11.1 Å². The minimum absolute atomic E-state index is 0. The minimum Gasteiger partial charge on any atom is -0.325 e. The van der Waals surface area contributed by atoms with E-state index in [-0.39, 0.29) is 18.1 Å². The Morgan fingerprint density at radius 3 is 2.55 bits per heavy atom. The first-order valence-electron chi connectivity index (χ1n) is 5.69. The summed E-state index contributed by atoms with van der Waals surface area (Å²) in [7, 11) is 0. The molecule has 0 aliphatic carbocycles. The van der Waals surface area contributed by atoms with Gasteiger partial charge in [0.2, 0.25) is 5.91 Å². The minimum atomic E-state index is -4.57. The normalized spacial score (nSPS) is 12.5. The molecule has 0 saturated heterocycles. The fraction of sp³-hybridized carbons (Fsp3) is 0.417. The number of rotatable bonds is 4. The van der Waals surface area contributed by atoms with E-state index in [0.29, 0.717) is 12.8 Å². The van der Waals surface area contributed by atoms with E-state index in [9.17, 15) is 18.0 Å². The van der Waals surface area contributed by atoms with Gasteiger partial charge in [0.1, 0.15) is 0 Å². The third-order valence-electron chi connectivity index (χ3n) is 2.48. The molecule has 1 unspecified atom stereocenters. The molecule has 20 heavy (non-hydrogen) atoms. The summed E-state index contributed by atoms with van der Waals surface area (Å²) in [5.41, 5.74) is 4.60. The topological polar surface area (TPSA) is 55.1 Å². The molecule has 0 heterocycles. The number of carbonyl (C=O) groups is 1. The number of amides is 1. The van der Waals surface area contributed by atoms with E-state index in [0.717, 1.165) is 12.1 Å². The molecule has 0 bridgehead atoms. The molecule has 114 valence electrons. The van der Waals surface area contributed by atoms with Gasteiger partial charge in [0.05, 0.1) is 16.6 Å². The average molecular weight is 331 g/mol. The standard InChI is InChI=1S/C12H14ClF3N2O.ClH/c1-2-3-10(17)11(19)18-7-4-5-9(13)8(6-7)12(14,15)16;/h4-6,10H,2-3,17H2,1H3,(H,18,19);1H. The van der Waals surface area contributed by atoms with Gasteiger partial charge in [0.15, 0.2) is 0 Å². The molecule has 0 fully saturated rings. The molecule has 1 aromatic rings. The lowest BCUT2D eigenvalue weighted by Gasteiger charge is -2.14. The Kier molecular flexibility index (Phi) is 7.33. The number of anilines is 1. The first kappa shape index (κ1) is 19.0. The van der Waals surface area contributed by atoms with Crippen LogP contribution in [0, 0.1) is 0 Å². The lowest BCUT2D eigenvalue weighted by molar-refractivity contribution is -0.137. The van der Waals surface area contributed by atoms with Crippen molar-refractivity contribution < 1.29 is 18.0 Å². The predicted molar refractivity (Wildman–Crippen MR) is 75.2 cm³/mol. The molecule has 1 rings (SSSR count). The molecule has 1 atom stereocenters. The molecule has 1 aromatic carbocycles. The lowest BCUT2D eigenvalue weighted by Crippen LogP contribution is -2.35. The van der Waals surface area contributed by atoms with Gasteiger partial charge in [-0.15, -0.1) is 12.4 Å². The molecule has 8 heteroatoms. The second-order valence-electron chi connectivity index (χ2n) is 4.08. The van der Waals surface area contributed by atoms with Gasteiger partial charge >= 0.3 is 6.18 Å². The summed E-state index contributed by atoms with van der Waals surface area (Å²) in [5, 5.41) is 1.93. The van der Waals surface area contributed by atoms with Crippen molar-refractivity contribution in [3.63, 3.8) is 0 Å². The maximum Gasteiger partial charge on any atom is 0.417 e. The molecule has 0 spiro atoms. The molecule has 3 N–H and O–H groups in total. The number of hydrogen-bond donors (Lipinski definition) is 2. The molecule has 0 radical (unpaired) electrons. The van der Waals surface area contributed by atoms with Crippen molar-refractivity contribution in [3.05, 3.63) is 28.8 Å². The molecule has 0 aliphatic heterocycles. The highest BCUT2D eigenvalue weighted by molar-refractivity contribution is 6.31. The fourth-order valence-corrected chi connectivity index (χ4v) is 1.72. The van der Waals surface area contributed by atoms with E-state index in [1.807, 2.05) is 6.92 Å². The van der Waals surface area contributed by atoms with Crippen molar-refractivity contribution >= 4 is 35.6 Å². The molecule has 0 aromatic heterocycles. The molecular weight excluding hydrogens is 316 g/mol. The summed E-state index contributed by atoms with van der Waals surface area (Å²) >= 11 is 5.47. The number of nitrogens with one attached hydrogen (secondary N) is 1. The summed E-state index contributed by atoms with van der Waals surface area (Å²) in [5.74, 6) is -0.516. The smallest absolute Gasteiger partial charge is 0.325 e. The third kappa shape index (κ3) is 5.19. The van der Waals surface area contributed by atoms with Crippen LogP contribution in [0.5, 0.6) is 0 Å². The van der Waals surface area contributed by atoms with Gasteiger partial charge in [-0.2, -0.15) is 13.2 Å². The van der Waals surface area contributed by atoms with Crippen LogP contribution in [0.2, 0.25) is 5.02 Å². The monoisotopic (exact) mass is 330 g/mol. The highest BCUT2D eigenvalue weighted by atomic mass is 35.5. The number of halogens is 5. The van der Waals surface area contributed by atoms with E-state index in [1.54, 1.807) is 0 Å². The van der Waals surface area contributed by atoms with E-state index in [4.69, 9.17) is 17.3 Å². The van der Waals surface area contributed by atoms with Gasteiger partial charge in [0.25, 0.3) is 0 Å². The number of carbonyl (C=O) groups excluding carboxylic acids is 1. The highest BCUT2D eigenvalue weighted by Gasteiger charge is 2.33. The van der Waals surface area contributed by atoms with Gasteiger partial charge in [-0.25, -0.2) is 0 Å². The van der Waals surface area contributed by atoms with Crippen LogP contribution in [0.15, 0.2) is 18.2 Å². The summed E-state index contributed by atoms with van der Waals surface area (Å²) in [6, 6.07) is 2.44. The zero-order chi connectivity index (χ0) is 14.6. The van der Waals surface area contributed by atoms with Crippen molar-refractivity contribution in [1.29, 1.82) is 0 Å². The van der Waals surface area contributed by atoms with Crippen LogP contribution in [0.3, 0.4) is 0 Å². The zero-order valence-electron chi connectivity index (χ0n) is 10.6. The Labute approximate surface area is 126 Å². The van der Waals surface area contributed by atoms with Gasteiger partial charge in [-0.1, -0.05) is 24.9 Å². The first-order chi connectivity index (χ1) is 8.75. The predicted octanol–water partition coefficient (Wildman–Crippen LogP) is 3.85. The second-order valence-corrected chi connectivity index (χ2v) is 4.48. The Morgan fingerprint density at radius 1 is 1.45 bits per heavy atom. The molecule has 1 amide bonds. The highest BCUT2D eigenvalue weighted by Crippen LogP contribution is 2.36. The summed E-state index contributed by atoms with van der Waals surface area (Å²) in [6.45, 7) is 1.86. The first-order valence-corrected chi connectivity index (χ1v) is 6.06. The number of alkyl halides is 3. The Balaban J connectivity index is 0.00000361. The fourth-order valence-electron chi connectivity index (χ4n) is 1.50. The zero-order valence-corrected chi connectivity index (χ0v) is 12.2. The van der Waals surface area contributed by atoms with Crippen LogP contribution in [-0.2, 0) is 11.0 Å². The summed E-state index contributed by atoms with van der Waals surface area (Å²) < 4.78 is 37.9. The maximum atomic E-state index is 12.6. The Morgan fingerprint density at radius 2 is 2.05 bits per heavy atom. The van der Waals surface area contributed by atoms with Crippen molar-refractivity contribution in [3.8, 4) is 0 Å². The van der Waals surface area contributed by atoms with Crippen molar-refractivity contribution in [2.45, 2.75) is 32.0 Å². The van der Waals surface area contributed by atoms with Crippen molar-refractivity contribution in [2.75, 3.05) is 5.32 Å². The van der Waals surface area contributed by atoms with Crippen LogP contribution in [-0.4, -0.2) is 11.9 Å². The molecule has 0 saturated carbocycles. The summed E-state index contributed by atoms with van der Waals surface area (Å²) in [6.07, 6.45) is -3.39. The largest absolute Gasteiger partial charge is 0.417 e. The quantitative estimate of drug-likeness (QED) is 0.881. The van der Waals surface area contributed by atoms with E-state index in [2.05, 4.69) is 5.32 Å². The molecular formula is C12H15Cl2F3N2O. The van der Waals surface area contributed by atoms with Gasteiger partial charge in [-0.05, 0) is 24.6 Å².